The molecule has 2 aromatic heterocycles. The van der Waals surface area contributed by atoms with Crippen LogP contribution in [-0.4, -0.2) is 52.9 Å². The Hall–Kier alpha value is -3.09. The summed E-state index contributed by atoms with van der Waals surface area (Å²) in [5.41, 5.74) is 2.93. The van der Waals surface area contributed by atoms with E-state index >= 15 is 0 Å². The van der Waals surface area contributed by atoms with Gasteiger partial charge in [-0.25, -0.2) is 4.98 Å². The minimum absolute atomic E-state index is 0.0695. The van der Waals surface area contributed by atoms with Crippen LogP contribution in [0.3, 0.4) is 0 Å². The summed E-state index contributed by atoms with van der Waals surface area (Å²) in [6, 6.07) is 9.18. The number of carbonyl (C=O) groups is 1. The van der Waals surface area contributed by atoms with Crippen molar-refractivity contribution >= 4 is 16.9 Å². The van der Waals surface area contributed by atoms with Gasteiger partial charge in [0.15, 0.2) is 5.65 Å². The Labute approximate surface area is 158 Å². The van der Waals surface area contributed by atoms with Gasteiger partial charge in [-0.05, 0) is 44.2 Å². The third kappa shape index (κ3) is 3.86. The fourth-order valence-electron chi connectivity index (χ4n) is 3.02. The zero-order chi connectivity index (χ0) is 19.6. The van der Waals surface area contributed by atoms with Gasteiger partial charge in [-0.15, -0.1) is 0 Å². The minimum Gasteiger partial charge on any atom is -0.497 e. The van der Waals surface area contributed by atoms with Gasteiger partial charge < -0.3 is 14.4 Å². The maximum absolute atomic E-state index is 13.0. The van der Waals surface area contributed by atoms with Crippen molar-refractivity contribution in [2.75, 3.05) is 27.3 Å². The molecule has 0 spiro atoms. The maximum Gasteiger partial charge on any atom is 0.254 e. The second-order valence-corrected chi connectivity index (χ2v) is 6.47. The molecule has 0 aliphatic rings. The molecule has 1 amide bonds. The summed E-state index contributed by atoms with van der Waals surface area (Å²) in [7, 11) is 5.23. The minimum atomic E-state index is -0.0695. The number of nitrogens with zero attached hydrogens (tertiary/aromatic N) is 4. The molecule has 1 aromatic carbocycles. The van der Waals surface area contributed by atoms with E-state index in [1.54, 1.807) is 23.7 Å². The lowest BCUT2D eigenvalue weighted by molar-refractivity contribution is 0.0775. The fourth-order valence-corrected chi connectivity index (χ4v) is 3.02. The van der Waals surface area contributed by atoms with Crippen LogP contribution in [0.4, 0.5) is 0 Å². The first kappa shape index (κ1) is 18.7. The van der Waals surface area contributed by atoms with Crippen molar-refractivity contribution in [3.63, 3.8) is 0 Å². The fraction of sp³-hybridized carbons (Fsp3) is 0.350. The number of pyridine rings is 1. The number of hydrogen-bond donors (Lipinski definition) is 0. The lowest BCUT2D eigenvalue weighted by Crippen LogP contribution is -2.31. The van der Waals surface area contributed by atoms with E-state index in [1.165, 1.54) is 0 Å². The Bertz CT molecular complexity index is 964. The molecule has 0 radical (unpaired) electrons. The van der Waals surface area contributed by atoms with E-state index in [0.717, 1.165) is 33.9 Å². The number of benzene rings is 1. The van der Waals surface area contributed by atoms with Gasteiger partial charge in [0, 0.05) is 19.8 Å². The SMILES string of the molecule is COc1ccc(OCCN(C)C(=O)c2cc(C)nc3c2c(C)nn3C)cc1. The first-order valence-corrected chi connectivity index (χ1v) is 8.74. The monoisotopic (exact) mass is 368 g/mol. The van der Waals surface area contributed by atoms with Crippen LogP contribution >= 0.6 is 0 Å². The molecule has 0 N–H and O–H groups in total. The number of methoxy groups -OCH3 is 1. The predicted molar refractivity (Wildman–Crippen MR) is 103 cm³/mol. The Morgan fingerprint density at radius 2 is 1.85 bits per heavy atom. The van der Waals surface area contributed by atoms with Crippen molar-refractivity contribution in [3.05, 3.63) is 47.3 Å². The second kappa shape index (κ2) is 7.65. The maximum atomic E-state index is 13.0. The quantitative estimate of drug-likeness (QED) is 0.669. The van der Waals surface area contributed by atoms with Crippen LogP contribution in [0.25, 0.3) is 11.0 Å². The average Bonchev–Trinajstić information content (AvgIpc) is 2.94. The van der Waals surface area contributed by atoms with Crippen LogP contribution < -0.4 is 9.47 Å². The first-order chi connectivity index (χ1) is 12.9. The standard InChI is InChI=1S/C20H24N4O3/c1-13-12-17(18-14(2)22-24(4)19(18)21-13)20(25)23(3)10-11-27-16-8-6-15(26-5)7-9-16/h6-9,12H,10-11H2,1-5H3. The van der Waals surface area contributed by atoms with Crippen molar-refractivity contribution in [2.45, 2.75) is 13.8 Å². The molecule has 0 unspecified atom stereocenters. The molecule has 0 bridgehead atoms. The van der Waals surface area contributed by atoms with Crippen molar-refractivity contribution < 1.29 is 14.3 Å². The Kier molecular flexibility index (Phi) is 5.30. The van der Waals surface area contributed by atoms with E-state index in [-0.39, 0.29) is 5.91 Å². The van der Waals surface area contributed by atoms with E-state index in [9.17, 15) is 4.79 Å². The van der Waals surface area contributed by atoms with Crippen LogP contribution in [0.2, 0.25) is 0 Å². The van der Waals surface area contributed by atoms with Crippen molar-refractivity contribution in [3.8, 4) is 11.5 Å². The zero-order valence-corrected chi connectivity index (χ0v) is 16.3. The third-order valence-corrected chi connectivity index (χ3v) is 4.43. The smallest absolute Gasteiger partial charge is 0.254 e. The van der Waals surface area contributed by atoms with Crippen LogP contribution in [0.1, 0.15) is 21.7 Å². The predicted octanol–water partition coefficient (Wildman–Crippen LogP) is 2.74. The van der Waals surface area contributed by atoms with E-state index in [4.69, 9.17) is 9.47 Å². The number of ether oxygens (including phenoxy) is 2. The molecule has 0 atom stereocenters. The highest BCUT2D eigenvalue weighted by Crippen LogP contribution is 2.23. The lowest BCUT2D eigenvalue weighted by atomic mass is 10.1. The highest BCUT2D eigenvalue weighted by Gasteiger charge is 2.20. The molecular formula is C20H24N4O3. The Balaban J connectivity index is 1.71. The van der Waals surface area contributed by atoms with Gasteiger partial charge >= 0.3 is 0 Å². The molecule has 7 nitrogen and oxygen atoms in total. The van der Waals surface area contributed by atoms with Gasteiger partial charge in [-0.3, -0.25) is 9.48 Å². The highest BCUT2D eigenvalue weighted by atomic mass is 16.5. The van der Waals surface area contributed by atoms with E-state index in [1.807, 2.05) is 51.2 Å². The van der Waals surface area contributed by atoms with Gasteiger partial charge in [0.2, 0.25) is 0 Å². The first-order valence-electron chi connectivity index (χ1n) is 8.74. The van der Waals surface area contributed by atoms with Crippen molar-refractivity contribution in [1.29, 1.82) is 0 Å². The molecular weight excluding hydrogens is 344 g/mol. The van der Waals surface area contributed by atoms with Crippen LogP contribution in [0, 0.1) is 13.8 Å². The third-order valence-electron chi connectivity index (χ3n) is 4.43. The number of amides is 1. The highest BCUT2D eigenvalue weighted by molar-refractivity contribution is 6.06. The number of fused-ring (bicyclic) bond motifs is 1. The number of aromatic nitrogens is 3. The Morgan fingerprint density at radius 3 is 2.52 bits per heavy atom. The molecule has 3 rings (SSSR count). The number of rotatable bonds is 6. The number of aryl methyl sites for hydroxylation is 3. The van der Waals surface area contributed by atoms with Gasteiger partial charge in [0.25, 0.3) is 5.91 Å². The molecule has 0 aliphatic heterocycles. The van der Waals surface area contributed by atoms with Crippen LogP contribution in [0.15, 0.2) is 30.3 Å². The van der Waals surface area contributed by atoms with Gasteiger partial charge in [0.05, 0.1) is 30.3 Å². The molecule has 0 saturated carbocycles. The zero-order valence-electron chi connectivity index (χ0n) is 16.3. The molecule has 27 heavy (non-hydrogen) atoms. The van der Waals surface area contributed by atoms with E-state index in [2.05, 4.69) is 10.1 Å². The molecule has 0 aliphatic carbocycles. The van der Waals surface area contributed by atoms with E-state index in [0.29, 0.717) is 18.7 Å². The molecule has 0 fully saturated rings. The average molecular weight is 368 g/mol. The number of hydrogen-bond acceptors (Lipinski definition) is 5. The Morgan fingerprint density at radius 1 is 1.19 bits per heavy atom. The number of carbonyl (C=O) groups excluding carboxylic acids is 1. The summed E-state index contributed by atoms with van der Waals surface area (Å²) in [6.07, 6.45) is 0. The van der Waals surface area contributed by atoms with Crippen LogP contribution in [0.5, 0.6) is 11.5 Å². The van der Waals surface area contributed by atoms with Crippen LogP contribution in [-0.2, 0) is 7.05 Å². The van der Waals surface area contributed by atoms with Gasteiger partial charge in [-0.1, -0.05) is 0 Å². The lowest BCUT2D eigenvalue weighted by Gasteiger charge is -2.18. The molecule has 7 heteroatoms. The molecule has 2 heterocycles. The molecule has 0 saturated heterocycles. The van der Waals surface area contributed by atoms with Crippen molar-refractivity contribution in [1.82, 2.24) is 19.7 Å². The summed E-state index contributed by atoms with van der Waals surface area (Å²) in [5.74, 6) is 1.44. The number of likely N-dealkylation sites (N-methyl/N-ethyl adjacent to an activating group) is 1. The second-order valence-electron chi connectivity index (χ2n) is 6.47. The molecule has 3 aromatic rings. The normalized spacial score (nSPS) is 10.9. The van der Waals surface area contributed by atoms with E-state index < -0.39 is 0 Å². The summed E-state index contributed by atoms with van der Waals surface area (Å²) in [4.78, 5) is 19.2. The topological polar surface area (TPSA) is 69.5 Å². The molecule has 142 valence electrons. The van der Waals surface area contributed by atoms with Crippen molar-refractivity contribution in [2.24, 2.45) is 7.05 Å². The summed E-state index contributed by atoms with van der Waals surface area (Å²) >= 11 is 0. The largest absolute Gasteiger partial charge is 0.497 e. The van der Waals surface area contributed by atoms with Gasteiger partial charge in [-0.2, -0.15) is 5.10 Å². The summed E-state index contributed by atoms with van der Waals surface area (Å²) in [6.45, 7) is 4.63. The van der Waals surface area contributed by atoms with Gasteiger partial charge in [0.1, 0.15) is 18.1 Å². The summed E-state index contributed by atoms with van der Waals surface area (Å²) in [5, 5.41) is 5.20. The summed E-state index contributed by atoms with van der Waals surface area (Å²) < 4.78 is 12.6.